The second-order valence-electron chi connectivity index (χ2n) is 2.06. The molecule has 1 nitrogen and oxygen atoms in total. The van der Waals surface area contributed by atoms with E-state index < -0.39 is 0 Å². The molecule has 11 heavy (non-hydrogen) atoms. The molecule has 0 aliphatic heterocycles. The highest BCUT2D eigenvalue weighted by molar-refractivity contribution is 5.76. The molecule has 0 fully saturated rings. The maximum atomic E-state index is 6.71. The highest BCUT2D eigenvalue weighted by Gasteiger charge is 1.87. The van der Waals surface area contributed by atoms with Gasteiger partial charge < -0.3 is 0 Å². The quantitative estimate of drug-likeness (QED) is 0.456. The standard InChI is InChI=1S/C10H7N/c1-2-9-4-3-5-10(8-9)6-7-11/h1,3-6,8,11H. The van der Waals surface area contributed by atoms with Crippen molar-refractivity contribution in [1.82, 2.24) is 0 Å². The smallest absolute Gasteiger partial charge is 0.0248 e. The summed E-state index contributed by atoms with van der Waals surface area (Å²) in [5.74, 6) is 4.71. The predicted octanol–water partition coefficient (Wildman–Crippen LogP) is 1.93. The normalized spacial score (nSPS) is 7.91. The van der Waals surface area contributed by atoms with Crippen LogP contribution in [0.4, 0.5) is 0 Å². The average molecular weight is 141 g/mol. The Hall–Kier alpha value is -1.77. The molecular weight excluding hydrogens is 134 g/mol. The fourth-order valence-electron chi connectivity index (χ4n) is 0.802. The van der Waals surface area contributed by atoms with Crippen LogP contribution < -0.4 is 0 Å². The third-order valence-corrected chi connectivity index (χ3v) is 1.29. The summed E-state index contributed by atoms with van der Waals surface area (Å²) in [7, 11) is 0. The highest BCUT2D eigenvalue weighted by atomic mass is 14.3. The molecule has 0 spiro atoms. The van der Waals surface area contributed by atoms with Crippen molar-refractivity contribution >= 4 is 11.9 Å². The van der Waals surface area contributed by atoms with E-state index in [9.17, 15) is 0 Å². The fraction of sp³-hybridized carbons (Fsp3) is 0. The molecule has 0 heterocycles. The summed E-state index contributed by atoms with van der Waals surface area (Å²) in [4.78, 5) is 0. The van der Waals surface area contributed by atoms with E-state index >= 15 is 0 Å². The van der Waals surface area contributed by atoms with Crippen LogP contribution in [-0.4, -0.2) is 5.87 Å². The van der Waals surface area contributed by atoms with E-state index in [1.807, 2.05) is 24.3 Å². The molecular formula is C10H7N. The number of terminal acetylenes is 1. The number of benzene rings is 1. The van der Waals surface area contributed by atoms with Crippen LogP contribution in [0, 0.1) is 17.8 Å². The molecule has 1 N–H and O–H groups in total. The Labute approximate surface area is 65.9 Å². The first kappa shape index (κ1) is 7.34. The molecule has 0 saturated heterocycles. The molecule has 0 aliphatic rings. The van der Waals surface area contributed by atoms with Gasteiger partial charge in [-0.3, -0.25) is 5.41 Å². The van der Waals surface area contributed by atoms with Crippen molar-refractivity contribution in [2.24, 2.45) is 0 Å². The van der Waals surface area contributed by atoms with Crippen molar-refractivity contribution < 1.29 is 0 Å². The van der Waals surface area contributed by atoms with Gasteiger partial charge in [-0.2, -0.15) is 0 Å². The molecule has 1 aromatic rings. The molecule has 0 aromatic heterocycles. The van der Waals surface area contributed by atoms with E-state index in [-0.39, 0.29) is 0 Å². The Bertz CT molecular complexity index is 338. The van der Waals surface area contributed by atoms with Crippen molar-refractivity contribution in [1.29, 1.82) is 5.41 Å². The van der Waals surface area contributed by atoms with Crippen LogP contribution in [0.25, 0.3) is 6.08 Å². The molecule has 0 aliphatic carbocycles. The van der Waals surface area contributed by atoms with Crippen LogP contribution in [0.3, 0.4) is 0 Å². The van der Waals surface area contributed by atoms with E-state index in [2.05, 4.69) is 11.8 Å². The Morgan fingerprint density at radius 3 is 2.91 bits per heavy atom. The molecule has 0 atom stereocenters. The van der Waals surface area contributed by atoms with Gasteiger partial charge in [0.1, 0.15) is 0 Å². The molecule has 0 radical (unpaired) electrons. The lowest BCUT2D eigenvalue weighted by Gasteiger charge is -1.91. The van der Waals surface area contributed by atoms with Gasteiger partial charge in [-0.1, -0.05) is 18.1 Å². The van der Waals surface area contributed by atoms with E-state index in [0.717, 1.165) is 11.1 Å². The Kier molecular flexibility index (Phi) is 2.28. The number of rotatable bonds is 1. The van der Waals surface area contributed by atoms with Crippen LogP contribution in [-0.2, 0) is 0 Å². The molecule has 0 saturated carbocycles. The summed E-state index contributed by atoms with van der Waals surface area (Å²) >= 11 is 0. The van der Waals surface area contributed by atoms with Crippen LogP contribution in [0.2, 0.25) is 0 Å². The highest BCUT2D eigenvalue weighted by Crippen LogP contribution is 2.03. The molecule has 1 rings (SSSR count). The Morgan fingerprint density at radius 2 is 2.27 bits per heavy atom. The first-order valence-electron chi connectivity index (χ1n) is 3.19. The largest absolute Gasteiger partial charge is 0.259 e. The molecule has 0 unspecified atom stereocenters. The summed E-state index contributed by atoms with van der Waals surface area (Å²) in [6, 6.07) is 7.42. The second-order valence-corrected chi connectivity index (χ2v) is 2.06. The molecule has 0 amide bonds. The van der Waals surface area contributed by atoms with Crippen LogP contribution in [0.5, 0.6) is 0 Å². The molecule has 1 aromatic carbocycles. The molecule has 0 bridgehead atoms. The summed E-state index contributed by atoms with van der Waals surface area (Å²) in [5, 5.41) is 6.71. The van der Waals surface area contributed by atoms with Crippen molar-refractivity contribution in [2.75, 3.05) is 0 Å². The van der Waals surface area contributed by atoms with Gasteiger partial charge in [0.15, 0.2) is 0 Å². The summed E-state index contributed by atoms with van der Waals surface area (Å²) in [5.41, 5.74) is 1.74. The minimum absolute atomic E-state index is 0.828. The lowest BCUT2D eigenvalue weighted by atomic mass is 10.1. The number of hydrogen-bond donors (Lipinski definition) is 1. The van der Waals surface area contributed by atoms with E-state index in [1.54, 1.807) is 6.08 Å². The maximum absolute atomic E-state index is 6.71. The minimum Gasteiger partial charge on any atom is -0.259 e. The summed E-state index contributed by atoms with van der Waals surface area (Å²) in [6.45, 7) is 0. The first-order chi connectivity index (χ1) is 5.36. The van der Waals surface area contributed by atoms with E-state index in [0.29, 0.717) is 0 Å². The van der Waals surface area contributed by atoms with Gasteiger partial charge >= 0.3 is 0 Å². The van der Waals surface area contributed by atoms with Crippen molar-refractivity contribution in [3.8, 4) is 12.3 Å². The number of hydrogen-bond acceptors (Lipinski definition) is 1. The number of nitrogens with one attached hydrogen (secondary N) is 1. The van der Waals surface area contributed by atoms with Gasteiger partial charge in [0.25, 0.3) is 0 Å². The predicted molar refractivity (Wildman–Crippen MR) is 46.6 cm³/mol. The summed E-state index contributed by atoms with van der Waals surface area (Å²) < 4.78 is 0. The monoisotopic (exact) mass is 141 g/mol. The lowest BCUT2D eigenvalue weighted by Crippen LogP contribution is -1.75. The second kappa shape index (κ2) is 3.41. The van der Waals surface area contributed by atoms with Crippen LogP contribution in [0.1, 0.15) is 11.1 Å². The van der Waals surface area contributed by atoms with Gasteiger partial charge in [-0.05, 0) is 23.6 Å². The Balaban J connectivity index is 3.12. The topological polar surface area (TPSA) is 23.9 Å². The SMILES string of the molecule is C#Cc1cccc(C=C=N)c1. The van der Waals surface area contributed by atoms with Gasteiger partial charge in [0.05, 0.1) is 0 Å². The van der Waals surface area contributed by atoms with E-state index in [1.165, 1.54) is 0 Å². The van der Waals surface area contributed by atoms with Gasteiger partial charge in [0, 0.05) is 11.6 Å². The van der Waals surface area contributed by atoms with Crippen molar-refractivity contribution in [3.05, 3.63) is 35.4 Å². The first-order valence-corrected chi connectivity index (χ1v) is 3.19. The minimum atomic E-state index is 0.828. The van der Waals surface area contributed by atoms with Crippen LogP contribution >= 0.6 is 0 Å². The third kappa shape index (κ3) is 1.82. The lowest BCUT2D eigenvalue weighted by molar-refractivity contribution is 1.58. The average Bonchev–Trinajstić information content (AvgIpc) is 2.06. The van der Waals surface area contributed by atoms with Crippen molar-refractivity contribution in [2.45, 2.75) is 0 Å². The third-order valence-electron chi connectivity index (χ3n) is 1.29. The van der Waals surface area contributed by atoms with Gasteiger partial charge in [-0.25, -0.2) is 0 Å². The molecule has 52 valence electrons. The van der Waals surface area contributed by atoms with Gasteiger partial charge in [-0.15, -0.1) is 6.42 Å². The zero-order valence-electron chi connectivity index (χ0n) is 5.96. The zero-order valence-corrected chi connectivity index (χ0v) is 5.96. The van der Waals surface area contributed by atoms with E-state index in [4.69, 9.17) is 11.8 Å². The van der Waals surface area contributed by atoms with Crippen LogP contribution in [0.15, 0.2) is 24.3 Å². The Morgan fingerprint density at radius 1 is 1.45 bits per heavy atom. The zero-order chi connectivity index (χ0) is 8.10. The molecule has 1 heteroatoms. The maximum Gasteiger partial charge on any atom is 0.0248 e. The van der Waals surface area contributed by atoms with Gasteiger partial charge in [0.2, 0.25) is 0 Å². The fourth-order valence-corrected chi connectivity index (χ4v) is 0.802. The van der Waals surface area contributed by atoms with Crippen molar-refractivity contribution in [3.63, 3.8) is 0 Å². The summed E-state index contributed by atoms with van der Waals surface area (Å²) in [6.07, 6.45) is 6.75.